The van der Waals surface area contributed by atoms with Gasteiger partial charge in [-0.15, -0.1) is 0 Å². The molecule has 2 aromatic carbocycles. The second kappa shape index (κ2) is 9.85. The average Bonchev–Trinajstić information content (AvgIpc) is 3.56. The number of furan rings is 1. The topological polar surface area (TPSA) is 128 Å². The number of amides is 4. The van der Waals surface area contributed by atoms with Crippen molar-refractivity contribution < 1.29 is 23.5 Å². The van der Waals surface area contributed by atoms with Gasteiger partial charge in [-0.05, 0) is 54.8 Å². The predicted octanol–water partition coefficient (Wildman–Crippen LogP) is 3.58. The zero-order chi connectivity index (χ0) is 27.0. The largest absolute Gasteiger partial charge is 0.497 e. The van der Waals surface area contributed by atoms with E-state index >= 15 is 0 Å². The molecule has 1 fully saturated rings. The number of rotatable bonds is 9. The van der Waals surface area contributed by atoms with E-state index in [1.54, 1.807) is 24.3 Å². The van der Waals surface area contributed by atoms with Crippen LogP contribution < -0.4 is 15.4 Å². The van der Waals surface area contributed by atoms with E-state index < -0.39 is 17.5 Å². The number of imide groups is 1. The molecule has 1 aromatic heterocycles. The molecule has 38 heavy (non-hydrogen) atoms. The van der Waals surface area contributed by atoms with E-state index in [2.05, 4.69) is 24.5 Å². The minimum atomic E-state index is -1.60. The van der Waals surface area contributed by atoms with Crippen LogP contribution in [0.2, 0.25) is 0 Å². The Balaban J connectivity index is 1.48. The summed E-state index contributed by atoms with van der Waals surface area (Å²) >= 11 is 0. The summed E-state index contributed by atoms with van der Waals surface area (Å²) in [6.07, 6.45) is 1.87. The molecule has 0 bridgehead atoms. The van der Waals surface area contributed by atoms with Gasteiger partial charge in [-0.3, -0.25) is 20.3 Å². The summed E-state index contributed by atoms with van der Waals surface area (Å²) < 4.78 is 11.4. The molecule has 10 heteroatoms. The molecule has 3 heterocycles. The fraction of sp³-hybridized carbons (Fsp3) is 0.357. The Morgan fingerprint density at radius 1 is 1.11 bits per heavy atom. The van der Waals surface area contributed by atoms with Gasteiger partial charge in [-0.2, -0.15) is 0 Å². The maximum atomic E-state index is 13.2. The van der Waals surface area contributed by atoms with Crippen LogP contribution in [-0.4, -0.2) is 60.2 Å². The number of amidine groups is 1. The van der Waals surface area contributed by atoms with Crippen molar-refractivity contribution in [1.82, 2.24) is 20.4 Å². The summed E-state index contributed by atoms with van der Waals surface area (Å²) in [5, 5.41) is 14.4. The van der Waals surface area contributed by atoms with Gasteiger partial charge in [0.2, 0.25) is 0 Å². The quantitative estimate of drug-likeness (QED) is 0.226. The fourth-order valence-corrected chi connectivity index (χ4v) is 5.19. The lowest BCUT2D eigenvalue weighted by atomic mass is 9.95. The van der Waals surface area contributed by atoms with Crippen molar-refractivity contribution in [1.29, 1.82) is 5.41 Å². The molecule has 0 spiro atoms. The molecular weight excluding hydrogens is 486 g/mol. The van der Waals surface area contributed by atoms with Crippen LogP contribution in [-0.2, 0) is 16.9 Å². The fourth-order valence-electron chi connectivity index (χ4n) is 5.19. The Labute approximate surface area is 220 Å². The average molecular weight is 518 g/mol. The molecule has 2 aliphatic heterocycles. The van der Waals surface area contributed by atoms with Gasteiger partial charge >= 0.3 is 6.03 Å². The molecule has 3 N–H and O–H groups in total. The first-order chi connectivity index (χ1) is 18.3. The van der Waals surface area contributed by atoms with Gasteiger partial charge in [-0.1, -0.05) is 19.9 Å². The van der Waals surface area contributed by atoms with Gasteiger partial charge in [0.05, 0.1) is 13.7 Å². The summed E-state index contributed by atoms with van der Waals surface area (Å²) in [6.45, 7) is 5.92. The highest BCUT2D eigenvalue weighted by Crippen LogP contribution is 2.35. The smallest absolute Gasteiger partial charge is 0.322 e. The molecular formula is C28H31N5O5. The first-order valence-electron chi connectivity index (χ1n) is 12.8. The number of ether oxygens (including phenoxy) is 1. The normalized spacial score (nSPS) is 18.5. The van der Waals surface area contributed by atoms with Crippen molar-refractivity contribution in [3.05, 3.63) is 64.9 Å². The highest BCUT2D eigenvalue weighted by atomic mass is 16.5. The van der Waals surface area contributed by atoms with E-state index in [-0.39, 0.29) is 24.8 Å². The van der Waals surface area contributed by atoms with Crippen molar-refractivity contribution in [2.45, 2.75) is 38.8 Å². The molecule has 1 atom stereocenters. The van der Waals surface area contributed by atoms with E-state index in [1.807, 2.05) is 23.1 Å². The maximum absolute atomic E-state index is 13.2. The SMILES string of the molecule is CCCN(CCC)C(=N)c1ccc2oc([C@]3(CN4Cc5ccc(OC)cc5C4=O)NC(=O)NC3=O)cc2c1. The van der Waals surface area contributed by atoms with Crippen LogP contribution in [0.25, 0.3) is 11.0 Å². The first-order valence-corrected chi connectivity index (χ1v) is 12.8. The monoisotopic (exact) mass is 517 g/mol. The predicted molar refractivity (Wildman–Crippen MR) is 141 cm³/mol. The highest BCUT2D eigenvalue weighted by molar-refractivity contribution is 6.08. The van der Waals surface area contributed by atoms with Crippen molar-refractivity contribution in [3.8, 4) is 5.75 Å². The molecule has 0 radical (unpaired) electrons. The van der Waals surface area contributed by atoms with Crippen LogP contribution >= 0.6 is 0 Å². The zero-order valence-corrected chi connectivity index (χ0v) is 21.7. The lowest BCUT2D eigenvalue weighted by molar-refractivity contribution is -0.125. The summed E-state index contributed by atoms with van der Waals surface area (Å²) in [5.41, 5.74) is 0.970. The van der Waals surface area contributed by atoms with Crippen LogP contribution in [0.15, 0.2) is 46.9 Å². The van der Waals surface area contributed by atoms with Crippen LogP contribution in [0.3, 0.4) is 0 Å². The number of carbonyl (C=O) groups excluding carboxylic acids is 3. The number of carbonyl (C=O) groups is 3. The third-order valence-electron chi connectivity index (χ3n) is 7.08. The highest BCUT2D eigenvalue weighted by Gasteiger charge is 2.53. The summed E-state index contributed by atoms with van der Waals surface area (Å²) in [5.74, 6) is 0.366. The number of nitrogens with one attached hydrogen (secondary N) is 3. The molecule has 0 unspecified atom stereocenters. The van der Waals surface area contributed by atoms with Crippen molar-refractivity contribution in [2.75, 3.05) is 26.7 Å². The third kappa shape index (κ3) is 4.25. The Morgan fingerprint density at radius 2 is 1.87 bits per heavy atom. The van der Waals surface area contributed by atoms with Crippen molar-refractivity contribution >= 4 is 34.7 Å². The molecule has 2 aliphatic rings. The van der Waals surface area contributed by atoms with Crippen LogP contribution in [0.5, 0.6) is 5.75 Å². The van der Waals surface area contributed by atoms with Crippen molar-refractivity contribution in [3.63, 3.8) is 0 Å². The minimum absolute atomic E-state index is 0.107. The minimum Gasteiger partial charge on any atom is -0.497 e. The molecule has 3 aromatic rings. The number of hydrogen-bond donors (Lipinski definition) is 3. The lowest BCUT2D eigenvalue weighted by Crippen LogP contribution is -2.52. The molecule has 198 valence electrons. The van der Waals surface area contributed by atoms with Gasteiger partial charge in [0.1, 0.15) is 22.9 Å². The van der Waals surface area contributed by atoms with Gasteiger partial charge in [0.15, 0.2) is 5.54 Å². The number of hydrogen-bond acceptors (Lipinski definition) is 6. The van der Waals surface area contributed by atoms with Crippen molar-refractivity contribution in [2.24, 2.45) is 0 Å². The number of methoxy groups -OCH3 is 1. The lowest BCUT2D eigenvalue weighted by Gasteiger charge is -2.29. The number of urea groups is 1. The standard InChI is InChI=1S/C28H31N5O5/c1-4-10-32(11-5-2)24(29)17-7-9-22-19(12-17)13-23(38-22)28(26(35)30-27(36)31-28)16-33-15-18-6-8-20(37-3)14-21(18)25(33)34/h6-9,12-14,29H,4-5,10-11,15-16H2,1-3H3,(H2,30,31,35,36)/t28-/m0/s1. The van der Waals surface area contributed by atoms with Crippen LogP contribution in [0.1, 0.15) is 53.9 Å². The Bertz CT molecular complexity index is 1440. The van der Waals surface area contributed by atoms with E-state index in [0.29, 0.717) is 28.1 Å². The third-order valence-corrected chi connectivity index (χ3v) is 7.08. The Morgan fingerprint density at radius 3 is 2.53 bits per heavy atom. The second-order valence-electron chi connectivity index (χ2n) is 9.70. The van der Waals surface area contributed by atoms with Crippen LogP contribution in [0.4, 0.5) is 4.79 Å². The molecule has 0 saturated carbocycles. The van der Waals surface area contributed by atoms with E-state index in [1.165, 1.54) is 12.0 Å². The van der Waals surface area contributed by atoms with Gasteiger partial charge < -0.3 is 24.3 Å². The number of nitrogens with zero attached hydrogens (tertiary/aromatic N) is 2. The molecule has 4 amide bonds. The van der Waals surface area contributed by atoms with Gasteiger partial charge in [-0.25, -0.2) is 4.79 Å². The van der Waals surface area contributed by atoms with E-state index in [9.17, 15) is 14.4 Å². The summed E-state index contributed by atoms with van der Waals surface area (Å²) in [4.78, 5) is 42.3. The Kier molecular flexibility index (Phi) is 6.56. The van der Waals surface area contributed by atoms with E-state index in [4.69, 9.17) is 14.6 Å². The van der Waals surface area contributed by atoms with Gasteiger partial charge in [0.25, 0.3) is 11.8 Å². The number of fused-ring (bicyclic) bond motifs is 2. The molecule has 0 aliphatic carbocycles. The number of benzene rings is 2. The van der Waals surface area contributed by atoms with Gasteiger partial charge in [0, 0.05) is 36.1 Å². The Hall–Kier alpha value is -4.34. The van der Waals surface area contributed by atoms with Crippen LogP contribution in [0, 0.1) is 5.41 Å². The first kappa shape index (κ1) is 25.3. The van der Waals surface area contributed by atoms with E-state index in [0.717, 1.165) is 37.1 Å². The maximum Gasteiger partial charge on any atom is 0.322 e. The summed E-state index contributed by atoms with van der Waals surface area (Å²) in [6, 6.07) is 11.8. The molecule has 5 rings (SSSR count). The molecule has 10 nitrogen and oxygen atoms in total. The molecule has 1 saturated heterocycles. The zero-order valence-electron chi connectivity index (χ0n) is 21.7. The summed E-state index contributed by atoms with van der Waals surface area (Å²) in [7, 11) is 1.53. The second-order valence-corrected chi connectivity index (χ2v) is 9.70.